The smallest absolute Gasteiger partial charge is 0.0587 e. The quantitative estimate of drug-likeness (QED) is 0.827. The van der Waals surface area contributed by atoms with Crippen molar-refractivity contribution >= 4 is 27.5 Å². The van der Waals surface area contributed by atoms with Gasteiger partial charge in [0.05, 0.1) is 6.61 Å². The Labute approximate surface area is 132 Å². The average molecular weight is 355 g/mol. The number of halogens is 2. The Kier molecular flexibility index (Phi) is 6.05. The minimum Gasteiger partial charge on any atom is -0.395 e. The number of rotatable bonds is 6. The van der Waals surface area contributed by atoms with E-state index in [0.717, 1.165) is 16.5 Å². The molecule has 20 heavy (non-hydrogen) atoms. The summed E-state index contributed by atoms with van der Waals surface area (Å²) in [6.45, 7) is 0.802. The topological polar surface area (TPSA) is 32.3 Å². The Hall–Kier alpha value is -0.870. The van der Waals surface area contributed by atoms with Gasteiger partial charge in [0.15, 0.2) is 0 Å². The third-order valence-corrected chi connectivity index (χ3v) is 4.11. The number of aliphatic hydroxyl groups excluding tert-OH is 1. The molecule has 0 fully saturated rings. The molecule has 0 unspecified atom stereocenters. The second-order valence-electron chi connectivity index (χ2n) is 4.69. The molecule has 0 aliphatic heterocycles. The first-order valence-corrected chi connectivity index (χ1v) is 7.68. The summed E-state index contributed by atoms with van der Waals surface area (Å²) < 4.78 is 0.980. The summed E-state index contributed by atoms with van der Waals surface area (Å²) in [5.74, 6) is 0. The highest BCUT2D eigenvalue weighted by Crippen LogP contribution is 2.21. The lowest BCUT2D eigenvalue weighted by molar-refractivity contribution is 0.240. The largest absolute Gasteiger partial charge is 0.395 e. The summed E-state index contributed by atoms with van der Waals surface area (Å²) in [6, 6.07) is 15.9. The van der Waals surface area contributed by atoms with Crippen LogP contribution in [0.1, 0.15) is 11.1 Å². The Balaban J connectivity index is 1.93. The molecule has 0 aromatic heterocycles. The first kappa shape index (κ1) is 15.5. The molecule has 2 aromatic rings. The molecule has 0 aliphatic carbocycles. The van der Waals surface area contributed by atoms with Crippen LogP contribution in [0.3, 0.4) is 0 Å². The van der Waals surface area contributed by atoms with Gasteiger partial charge in [-0.15, -0.1) is 0 Å². The van der Waals surface area contributed by atoms with Crippen LogP contribution >= 0.6 is 27.5 Å². The van der Waals surface area contributed by atoms with Crippen molar-refractivity contribution in [2.75, 3.05) is 6.61 Å². The maximum Gasteiger partial charge on any atom is 0.0587 e. The normalized spacial score (nSPS) is 12.3. The maximum atomic E-state index is 9.48. The number of benzene rings is 2. The molecule has 2 aromatic carbocycles. The molecule has 106 valence electrons. The van der Waals surface area contributed by atoms with E-state index in [-0.39, 0.29) is 12.6 Å². The van der Waals surface area contributed by atoms with Crippen molar-refractivity contribution in [3.63, 3.8) is 0 Å². The lowest BCUT2D eigenvalue weighted by Gasteiger charge is -2.17. The number of nitrogens with one attached hydrogen (secondary N) is 1. The zero-order valence-electron chi connectivity index (χ0n) is 11.0. The summed E-state index contributed by atoms with van der Waals surface area (Å²) in [7, 11) is 0. The van der Waals surface area contributed by atoms with Crippen LogP contribution in [0.2, 0.25) is 5.02 Å². The van der Waals surface area contributed by atoms with Gasteiger partial charge in [-0.2, -0.15) is 0 Å². The number of hydrogen-bond donors (Lipinski definition) is 2. The van der Waals surface area contributed by atoms with Crippen molar-refractivity contribution in [2.45, 2.75) is 19.0 Å². The van der Waals surface area contributed by atoms with Crippen LogP contribution in [0.15, 0.2) is 53.0 Å². The van der Waals surface area contributed by atoms with Crippen molar-refractivity contribution in [3.05, 3.63) is 69.2 Å². The molecule has 0 aliphatic rings. The van der Waals surface area contributed by atoms with E-state index in [4.69, 9.17) is 11.6 Å². The maximum absolute atomic E-state index is 9.48. The lowest BCUT2D eigenvalue weighted by Crippen LogP contribution is -2.34. The van der Waals surface area contributed by atoms with Gasteiger partial charge < -0.3 is 10.4 Å². The van der Waals surface area contributed by atoms with E-state index in [9.17, 15) is 5.11 Å². The number of hydrogen-bond acceptors (Lipinski definition) is 2. The molecule has 0 heterocycles. The highest BCUT2D eigenvalue weighted by molar-refractivity contribution is 9.10. The monoisotopic (exact) mass is 353 g/mol. The van der Waals surface area contributed by atoms with E-state index in [2.05, 4.69) is 33.4 Å². The van der Waals surface area contributed by atoms with Gasteiger partial charge in [0.25, 0.3) is 0 Å². The summed E-state index contributed by atoms with van der Waals surface area (Å²) in [5.41, 5.74) is 2.34. The van der Waals surface area contributed by atoms with Gasteiger partial charge in [-0.25, -0.2) is 0 Å². The fraction of sp³-hybridized carbons (Fsp3) is 0.250. The third kappa shape index (κ3) is 4.60. The standard InChI is InChI=1S/C16H17BrClNO/c17-16-9-14(18)7-6-13(16)10-19-15(11-20)8-12-4-2-1-3-5-12/h1-7,9,15,19-20H,8,10-11H2/t15-/m0/s1. The second-order valence-corrected chi connectivity index (χ2v) is 5.98. The predicted molar refractivity (Wildman–Crippen MR) is 87.0 cm³/mol. The summed E-state index contributed by atoms with van der Waals surface area (Å²) in [4.78, 5) is 0. The Morgan fingerprint density at radius 3 is 2.55 bits per heavy atom. The van der Waals surface area contributed by atoms with Gasteiger partial charge >= 0.3 is 0 Å². The van der Waals surface area contributed by atoms with Gasteiger partial charge in [-0.1, -0.05) is 63.9 Å². The minimum atomic E-state index is 0.0416. The lowest BCUT2D eigenvalue weighted by atomic mass is 10.1. The predicted octanol–water partition coefficient (Wildman–Crippen LogP) is 3.80. The van der Waals surface area contributed by atoms with Crippen molar-refractivity contribution in [1.82, 2.24) is 5.32 Å². The molecule has 2 N–H and O–H groups in total. The van der Waals surface area contributed by atoms with Crippen LogP contribution in [0.25, 0.3) is 0 Å². The highest BCUT2D eigenvalue weighted by Gasteiger charge is 2.09. The van der Waals surface area contributed by atoms with Crippen molar-refractivity contribution in [2.24, 2.45) is 0 Å². The molecule has 2 rings (SSSR count). The second kappa shape index (κ2) is 7.79. The molecule has 0 saturated heterocycles. The van der Waals surface area contributed by atoms with Crippen molar-refractivity contribution < 1.29 is 5.11 Å². The van der Waals surface area contributed by atoms with Gasteiger partial charge in [0.2, 0.25) is 0 Å². The fourth-order valence-corrected chi connectivity index (χ4v) is 2.84. The summed E-state index contributed by atoms with van der Waals surface area (Å²) in [6.07, 6.45) is 0.808. The summed E-state index contributed by atoms with van der Waals surface area (Å²) in [5, 5.41) is 13.6. The molecule has 0 radical (unpaired) electrons. The van der Waals surface area contributed by atoms with E-state index in [1.807, 2.05) is 36.4 Å². The Bertz CT molecular complexity index is 547. The van der Waals surface area contributed by atoms with Crippen LogP contribution in [0.4, 0.5) is 0 Å². The van der Waals surface area contributed by atoms with E-state index in [1.54, 1.807) is 0 Å². The van der Waals surface area contributed by atoms with Crippen molar-refractivity contribution in [3.8, 4) is 0 Å². The SMILES string of the molecule is OC[C@H](Cc1ccccc1)NCc1ccc(Cl)cc1Br. The van der Waals surface area contributed by atoms with E-state index >= 15 is 0 Å². The fourth-order valence-electron chi connectivity index (χ4n) is 2.02. The van der Waals surface area contributed by atoms with Crippen LogP contribution in [-0.2, 0) is 13.0 Å². The van der Waals surface area contributed by atoms with E-state index in [0.29, 0.717) is 11.6 Å². The van der Waals surface area contributed by atoms with Crippen LogP contribution in [0.5, 0.6) is 0 Å². The highest BCUT2D eigenvalue weighted by atomic mass is 79.9. The minimum absolute atomic E-state index is 0.0416. The number of aliphatic hydroxyl groups is 1. The molecule has 0 spiro atoms. The van der Waals surface area contributed by atoms with Crippen LogP contribution in [-0.4, -0.2) is 17.8 Å². The molecular weight excluding hydrogens is 338 g/mol. The average Bonchev–Trinajstić information content (AvgIpc) is 2.46. The first-order chi connectivity index (χ1) is 9.69. The van der Waals surface area contributed by atoms with E-state index < -0.39 is 0 Å². The van der Waals surface area contributed by atoms with Gasteiger partial charge in [0, 0.05) is 22.1 Å². The Morgan fingerprint density at radius 1 is 1.15 bits per heavy atom. The first-order valence-electron chi connectivity index (χ1n) is 6.51. The van der Waals surface area contributed by atoms with E-state index in [1.165, 1.54) is 5.56 Å². The molecule has 4 heteroatoms. The van der Waals surface area contributed by atoms with Crippen molar-refractivity contribution in [1.29, 1.82) is 0 Å². The molecule has 2 nitrogen and oxygen atoms in total. The van der Waals surface area contributed by atoms with Gasteiger partial charge in [-0.05, 0) is 29.7 Å². The van der Waals surface area contributed by atoms with Gasteiger partial charge in [-0.3, -0.25) is 0 Å². The zero-order valence-corrected chi connectivity index (χ0v) is 13.4. The van der Waals surface area contributed by atoms with Crippen LogP contribution in [0, 0.1) is 0 Å². The molecule has 0 saturated carbocycles. The molecular formula is C16H17BrClNO. The molecule has 1 atom stereocenters. The molecule has 0 amide bonds. The summed E-state index contributed by atoms with van der Waals surface area (Å²) >= 11 is 9.42. The van der Waals surface area contributed by atoms with Gasteiger partial charge in [0.1, 0.15) is 0 Å². The zero-order chi connectivity index (χ0) is 14.4. The molecule has 0 bridgehead atoms. The Morgan fingerprint density at radius 2 is 1.90 bits per heavy atom. The van der Waals surface area contributed by atoms with Crippen LogP contribution < -0.4 is 5.32 Å². The third-order valence-electron chi connectivity index (χ3n) is 3.14.